The number of fused-ring (bicyclic) bond motifs is 1. The van der Waals surface area contributed by atoms with Crippen molar-refractivity contribution in [2.75, 3.05) is 6.54 Å². The van der Waals surface area contributed by atoms with E-state index in [4.69, 9.17) is 5.73 Å². The molecular formula is C19H21N3O2. The third-order valence-electron chi connectivity index (χ3n) is 4.60. The molecule has 0 aromatic heterocycles. The number of urea groups is 1. The maximum Gasteiger partial charge on any atom is 0.318 e. The summed E-state index contributed by atoms with van der Waals surface area (Å²) in [5.41, 5.74) is 8.78. The molecule has 1 aliphatic rings. The molecule has 0 saturated heterocycles. The maximum absolute atomic E-state index is 12.2. The van der Waals surface area contributed by atoms with Gasteiger partial charge in [0, 0.05) is 19.0 Å². The quantitative estimate of drug-likeness (QED) is 0.909. The van der Waals surface area contributed by atoms with Gasteiger partial charge in [-0.25, -0.2) is 4.79 Å². The standard InChI is InChI=1S/C19H21N3O2/c1-13(18(23)21-19(20)24)22-11-15-9-5-6-10-16(15)17(12-22)14-7-3-2-4-8-14/h2-10,13,17H,11-12H2,1H3,(H3,20,21,23,24)/t13-,17+/m0/s1. The second-order valence-corrected chi connectivity index (χ2v) is 6.12. The minimum Gasteiger partial charge on any atom is -0.351 e. The fraction of sp³-hybridized carbons (Fsp3) is 0.263. The molecule has 1 aliphatic heterocycles. The third-order valence-corrected chi connectivity index (χ3v) is 4.60. The van der Waals surface area contributed by atoms with E-state index in [1.165, 1.54) is 16.7 Å². The number of rotatable bonds is 3. The Morgan fingerprint density at radius 3 is 2.50 bits per heavy atom. The van der Waals surface area contributed by atoms with Gasteiger partial charge in [-0.2, -0.15) is 0 Å². The van der Waals surface area contributed by atoms with Crippen LogP contribution < -0.4 is 11.1 Å². The van der Waals surface area contributed by atoms with Crippen LogP contribution in [0.25, 0.3) is 0 Å². The summed E-state index contributed by atoms with van der Waals surface area (Å²) in [5, 5.41) is 2.18. The third kappa shape index (κ3) is 3.31. The van der Waals surface area contributed by atoms with E-state index in [-0.39, 0.29) is 11.8 Å². The summed E-state index contributed by atoms with van der Waals surface area (Å²) in [6.07, 6.45) is 0. The predicted octanol–water partition coefficient (Wildman–Crippen LogP) is 2.22. The van der Waals surface area contributed by atoms with Gasteiger partial charge in [0.1, 0.15) is 0 Å². The van der Waals surface area contributed by atoms with E-state index < -0.39 is 12.1 Å². The Kier molecular flexibility index (Phi) is 4.62. The first-order chi connectivity index (χ1) is 11.6. The number of nitrogens with one attached hydrogen (secondary N) is 1. The lowest BCUT2D eigenvalue weighted by Crippen LogP contribution is -2.50. The molecule has 0 aliphatic carbocycles. The molecule has 2 aromatic rings. The number of benzene rings is 2. The van der Waals surface area contributed by atoms with Gasteiger partial charge >= 0.3 is 6.03 Å². The van der Waals surface area contributed by atoms with Crippen LogP contribution in [-0.4, -0.2) is 29.4 Å². The topological polar surface area (TPSA) is 75.4 Å². The Morgan fingerprint density at radius 2 is 1.79 bits per heavy atom. The Morgan fingerprint density at radius 1 is 1.12 bits per heavy atom. The molecule has 124 valence electrons. The van der Waals surface area contributed by atoms with Crippen molar-refractivity contribution < 1.29 is 9.59 Å². The van der Waals surface area contributed by atoms with Crippen molar-refractivity contribution in [1.29, 1.82) is 0 Å². The fourth-order valence-electron chi connectivity index (χ4n) is 3.29. The zero-order chi connectivity index (χ0) is 17.1. The smallest absolute Gasteiger partial charge is 0.318 e. The lowest BCUT2D eigenvalue weighted by atomic mass is 9.84. The number of primary amides is 1. The Labute approximate surface area is 141 Å². The number of imide groups is 1. The average molecular weight is 323 g/mol. The number of carbonyl (C=O) groups is 2. The fourth-order valence-corrected chi connectivity index (χ4v) is 3.29. The van der Waals surface area contributed by atoms with E-state index >= 15 is 0 Å². The first kappa shape index (κ1) is 16.2. The van der Waals surface area contributed by atoms with Crippen LogP contribution in [0.3, 0.4) is 0 Å². The number of carbonyl (C=O) groups excluding carboxylic acids is 2. The number of nitrogens with zero attached hydrogens (tertiary/aromatic N) is 1. The zero-order valence-corrected chi connectivity index (χ0v) is 13.6. The Balaban J connectivity index is 1.90. The van der Waals surface area contributed by atoms with Crippen molar-refractivity contribution in [3.63, 3.8) is 0 Å². The van der Waals surface area contributed by atoms with Gasteiger partial charge in [0.15, 0.2) is 0 Å². The maximum atomic E-state index is 12.2. The van der Waals surface area contributed by atoms with Gasteiger partial charge in [-0.3, -0.25) is 15.0 Å². The summed E-state index contributed by atoms with van der Waals surface area (Å²) in [4.78, 5) is 25.2. The molecule has 5 heteroatoms. The highest BCUT2D eigenvalue weighted by atomic mass is 16.2. The average Bonchev–Trinajstić information content (AvgIpc) is 2.60. The molecule has 2 aromatic carbocycles. The van der Waals surface area contributed by atoms with E-state index in [1.54, 1.807) is 6.92 Å². The van der Waals surface area contributed by atoms with Crippen LogP contribution in [-0.2, 0) is 11.3 Å². The van der Waals surface area contributed by atoms with Crippen LogP contribution in [0.5, 0.6) is 0 Å². The summed E-state index contributed by atoms with van der Waals surface area (Å²) in [6, 6.07) is 17.3. The Hall–Kier alpha value is -2.66. The van der Waals surface area contributed by atoms with Crippen molar-refractivity contribution in [1.82, 2.24) is 10.2 Å². The lowest BCUT2D eigenvalue weighted by Gasteiger charge is -2.37. The SMILES string of the molecule is C[C@@H](C(=O)NC(N)=O)N1Cc2ccccc2[C@@H](c2ccccc2)C1. The molecule has 0 fully saturated rings. The van der Waals surface area contributed by atoms with E-state index in [2.05, 4.69) is 34.5 Å². The van der Waals surface area contributed by atoms with Gasteiger partial charge in [0.05, 0.1) is 6.04 Å². The molecule has 0 unspecified atom stereocenters. The van der Waals surface area contributed by atoms with Crippen molar-refractivity contribution in [3.05, 3.63) is 71.3 Å². The molecule has 3 rings (SSSR count). The predicted molar refractivity (Wildman–Crippen MR) is 92.3 cm³/mol. The van der Waals surface area contributed by atoms with Crippen LogP contribution in [0, 0.1) is 0 Å². The summed E-state index contributed by atoms with van der Waals surface area (Å²) >= 11 is 0. The lowest BCUT2D eigenvalue weighted by molar-refractivity contribution is -0.125. The van der Waals surface area contributed by atoms with E-state index in [1.807, 2.05) is 30.3 Å². The number of amides is 3. The molecule has 24 heavy (non-hydrogen) atoms. The zero-order valence-electron chi connectivity index (χ0n) is 13.6. The Bertz CT molecular complexity index is 745. The first-order valence-corrected chi connectivity index (χ1v) is 8.03. The van der Waals surface area contributed by atoms with Gasteiger partial charge < -0.3 is 5.73 Å². The molecular weight excluding hydrogens is 302 g/mol. The minimum absolute atomic E-state index is 0.194. The van der Waals surface area contributed by atoms with Crippen LogP contribution in [0.15, 0.2) is 54.6 Å². The summed E-state index contributed by atoms with van der Waals surface area (Å²) in [6.45, 7) is 3.19. The molecule has 0 bridgehead atoms. The molecule has 0 spiro atoms. The molecule has 2 atom stereocenters. The van der Waals surface area contributed by atoms with Crippen LogP contribution >= 0.6 is 0 Å². The molecule has 3 N–H and O–H groups in total. The highest BCUT2D eigenvalue weighted by Crippen LogP contribution is 2.34. The highest BCUT2D eigenvalue weighted by Gasteiger charge is 2.31. The van der Waals surface area contributed by atoms with Crippen molar-refractivity contribution in [2.24, 2.45) is 5.73 Å². The molecule has 0 saturated carbocycles. The highest BCUT2D eigenvalue weighted by molar-refractivity contribution is 5.96. The first-order valence-electron chi connectivity index (χ1n) is 8.03. The minimum atomic E-state index is -0.816. The van der Waals surface area contributed by atoms with Crippen molar-refractivity contribution in [3.8, 4) is 0 Å². The van der Waals surface area contributed by atoms with Gasteiger partial charge in [0.2, 0.25) is 5.91 Å². The van der Waals surface area contributed by atoms with Crippen LogP contribution in [0.1, 0.15) is 29.5 Å². The van der Waals surface area contributed by atoms with Gasteiger partial charge in [-0.15, -0.1) is 0 Å². The monoisotopic (exact) mass is 323 g/mol. The summed E-state index contributed by atoms with van der Waals surface area (Å²) in [5.74, 6) is -0.173. The summed E-state index contributed by atoms with van der Waals surface area (Å²) < 4.78 is 0. The van der Waals surface area contributed by atoms with Crippen molar-refractivity contribution in [2.45, 2.75) is 25.4 Å². The number of hydrogen-bond donors (Lipinski definition) is 2. The van der Waals surface area contributed by atoms with Gasteiger partial charge in [0.25, 0.3) is 0 Å². The van der Waals surface area contributed by atoms with E-state index in [0.717, 1.165) is 0 Å². The molecule has 0 radical (unpaired) electrons. The number of hydrogen-bond acceptors (Lipinski definition) is 3. The largest absolute Gasteiger partial charge is 0.351 e. The van der Waals surface area contributed by atoms with Crippen LogP contribution in [0.4, 0.5) is 4.79 Å². The van der Waals surface area contributed by atoms with Gasteiger partial charge in [-0.1, -0.05) is 54.6 Å². The van der Waals surface area contributed by atoms with E-state index in [9.17, 15) is 9.59 Å². The second-order valence-electron chi connectivity index (χ2n) is 6.12. The number of nitrogens with two attached hydrogens (primary N) is 1. The molecule has 1 heterocycles. The molecule has 3 amide bonds. The van der Waals surface area contributed by atoms with E-state index in [0.29, 0.717) is 13.1 Å². The second kappa shape index (κ2) is 6.84. The summed E-state index contributed by atoms with van der Waals surface area (Å²) in [7, 11) is 0. The van der Waals surface area contributed by atoms with Crippen LogP contribution in [0.2, 0.25) is 0 Å². The van der Waals surface area contributed by atoms with Crippen molar-refractivity contribution >= 4 is 11.9 Å². The normalized spacial score (nSPS) is 18.5. The molecule has 5 nitrogen and oxygen atoms in total. The van der Waals surface area contributed by atoms with Gasteiger partial charge in [-0.05, 0) is 23.6 Å².